The van der Waals surface area contributed by atoms with Gasteiger partial charge in [0.15, 0.2) is 5.78 Å². The number of hydrogen-bond donors (Lipinski definition) is 0. The first kappa shape index (κ1) is 12.0. The highest BCUT2D eigenvalue weighted by atomic mass is 16.1. The summed E-state index contributed by atoms with van der Waals surface area (Å²) in [5.74, 6) is 0.766. The maximum Gasteiger partial charge on any atom is 0.163 e. The molecular weight excluding hydrogens is 212 g/mol. The van der Waals surface area contributed by atoms with E-state index in [1.54, 1.807) is 0 Å². The van der Waals surface area contributed by atoms with Crippen molar-refractivity contribution in [1.82, 2.24) is 0 Å². The molecule has 0 heterocycles. The van der Waals surface area contributed by atoms with E-state index >= 15 is 0 Å². The van der Waals surface area contributed by atoms with Gasteiger partial charge in [0.05, 0.1) is 0 Å². The summed E-state index contributed by atoms with van der Waals surface area (Å²) in [6, 6.07) is 7.84. The first-order chi connectivity index (χ1) is 8.27. The lowest BCUT2D eigenvalue weighted by Gasteiger charge is -2.05. The van der Waals surface area contributed by atoms with Crippen LogP contribution in [0.3, 0.4) is 0 Å². The Morgan fingerprint density at radius 1 is 0.765 bits per heavy atom. The van der Waals surface area contributed by atoms with Crippen LogP contribution in [0.2, 0.25) is 0 Å². The lowest BCUT2D eigenvalue weighted by Crippen LogP contribution is -2.02. The van der Waals surface area contributed by atoms with Crippen LogP contribution < -0.4 is 0 Å². The Bertz CT molecular complexity index is 413. The smallest absolute Gasteiger partial charge is 0.163 e. The zero-order chi connectivity index (χ0) is 12.1. The summed E-state index contributed by atoms with van der Waals surface area (Å²) >= 11 is 0. The van der Waals surface area contributed by atoms with Crippen molar-refractivity contribution >= 4 is 11.6 Å². The largest absolute Gasteiger partial charge is 0.300 e. The van der Waals surface area contributed by atoms with E-state index in [2.05, 4.69) is 0 Å². The molecule has 90 valence electrons. The fourth-order valence-corrected chi connectivity index (χ4v) is 2.34. The Morgan fingerprint density at radius 3 is 2.06 bits per heavy atom. The lowest BCUT2D eigenvalue weighted by atomic mass is 10.00. The Kier molecular flexibility index (Phi) is 4.08. The second-order valence-electron chi connectivity index (χ2n) is 4.68. The Balaban J connectivity index is 0.000000136. The van der Waals surface area contributed by atoms with Gasteiger partial charge in [0.25, 0.3) is 0 Å². The van der Waals surface area contributed by atoms with Crippen LogP contribution in [0, 0.1) is 0 Å². The molecule has 1 saturated carbocycles. The Labute approximate surface area is 102 Å². The molecule has 2 aliphatic rings. The molecule has 17 heavy (non-hydrogen) atoms. The molecule has 0 saturated heterocycles. The van der Waals surface area contributed by atoms with E-state index in [0.29, 0.717) is 18.0 Å². The van der Waals surface area contributed by atoms with Crippen LogP contribution in [-0.4, -0.2) is 11.6 Å². The minimum atomic E-state index is 0.301. The summed E-state index contributed by atoms with van der Waals surface area (Å²) < 4.78 is 0. The van der Waals surface area contributed by atoms with Gasteiger partial charge < -0.3 is 0 Å². The standard InChI is InChI=1S/C9H8O.C6H10O/c10-9-6-5-7-3-1-2-4-8(7)9;7-6-4-2-1-3-5-6/h1-4H,5-6H2;1-5H2. The van der Waals surface area contributed by atoms with E-state index < -0.39 is 0 Å². The van der Waals surface area contributed by atoms with Gasteiger partial charge in [-0.3, -0.25) is 9.59 Å². The molecule has 0 spiro atoms. The average molecular weight is 230 g/mol. The molecule has 0 N–H and O–H groups in total. The first-order valence-electron chi connectivity index (χ1n) is 6.40. The molecule has 0 radical (unpaired) electrons. The van der Waals surface area contributed by atoms with Gasteiger partial charge in [-0.05, 0) is 24.8 Å². The van der Waals surface area contributed by atoms with Crippen LogP contribution in [0.4, 0.5) is 0 Å². The van der Waals surface area contributed by atoms with Crippen molar-refractivity contribution in [3.8, 4) is 0 Å². The molecular formula is C15H18O2. The van der Waals surface area contributed by atoms with Crippen molar-refractivity contribution in [1.29, 1.82) is 0 Å². The number of aryl methyl sites for hydroxylation is 1. The zero-order valence-electron chi connectivity index (χ0n) is 10.1. The molecule has 1 fully saturated rings. The van der Waals surface area contributed by atoms with E-state index in [4.69, 9.17) is 0 Å². The van der Waals surface area contributed by atoms with E-state index in [1.165, 1.54) is 12.0 Å². The van der Waals surface area contributed by atoms with Crippen LogP contribution in [0.1, 0.15) is 54.4 Å². The number of rotatable bonds is 0. The third-order valence-corrected chi connectivity index (χ3v) is 3.35. The monoisotopic (exact) mass is 230 g/mol. The third kappa shape index (κ3) is 3.26. The molecule has 1 aromatic rings. The van der Waals surface area contributed by atoms with Crippen LogP contribution in [0.5, 0.6) is 0 Å². The Hall–Kier alpha value is -1.44. The quantitative estimate of drug-likeness (QED) is 0.685. The van der Waals surface area contributed by atoms with E-state index in [0.717, 1.165) is 37.7 Å². The third-order valence-electron chi connectivity index (χ3n) is 3.35. The van der Waals surface area contributed by atoms with E-state index in [1.807, 2.05) is 24.3 Å². The number of fused-ring (bicyclic) bond motifs is 1. The van der Waals surface area contributed by atoms with Crippen LogP contribution in [0.25, 0.3) is 0 Å². The second kappa shape index (κ2) is 5.76. The van der Waals surface area contributed by atoms with Gasteiger partial charge in [-0.2, -0.15) is 0 Å². The predicted octanol–water partition coefficient (Wildman–Crippen LogP) is 3.34. The van der Waals surface area contributed by atoms with Gasteiger partial charge in [-0.1, -0.05) is 30.7 Å². The van der Waals surface area contributed by atoms with Crippen LogP contribution in [-0.2, 0) is 11.2 Å². The van der Waals surface area contributed by atoms with Crippen LogP contribution >= 0.6 is 0 Å². The highest BCUT2D eigenvalue weighted by molar-refractivity contribution is 6.00. The molecule has 0 unspecified atom stereocenters. The van der Waals surface area contributed by atoms with Gasteiger partial charge >= 0.3 is 0 Å². The molecule has 2 aliphatic carbocycles. The number of ketones is 2. The molecule has 1 aromatic carbocycles. The summed E-state index contributed by atoms with van der Waals surface area (Å²) in [6.07, 6.45) is 6.89. The van der Waals surface area contributed by atoms with Gasteiger partial charge in [-0.25, -0.2) is 0 Å². The molecule has 0 bridgehead atoms. The number of hydrogen-bond acceptors (Lipinski definition) is 2. The van der Waals surface area contributed by atoms with Crippen molar-refractivity contribution in [2.75, 3.05) is 0 Å². The SMILES string of the molecule is O=C1CCCCC1.O=C1CCc2ccccc21. The highest BCUT2D eigenvalue weighted by Crippen LogP contribution is 2.20. The van der Waals surface area contributed by atoms with Crippen LogP contribution in [0.15, 0.2) is 24.3 Å². The van der Waals surface area contributed by atoms with Crippen molar-refractivity contribution in [3.63, 3.8) is 0 Å². The highest BCUT2D eigenvalue weighted by Gasteiger charge is 2.17. The fraction of sp³-hybridized carbons (Fsp3) is 0.467. The van der Waals surface area contributed by atoms with Crippen molar-refractivity contribution in [3.05, 3.63) is 35.4 Å². The zero-order valence-corrected chi connectivity index (χ0v) is 10.1. The van der Waals surface area contributed by atoms with Crippen molar-refractivity contribution in [2.24, 2.45) is 0 Å². The maximum atomic E-state index is 11.1. The number of carbonyl (C=O) groups is 2. The van der Waals surface area contributed by atoms with Gasteiger partial charge in [0.1, 0.15) is 5.78 Å². The molecule has 2 nitrogen and oxygen atoms in total. The summed E-state index contributed by atoms with van der Waals surface area (Å²) in [6.45, 7) is 0. The van der Waals surface area contributed by atoms with E-state index in [-0.39, 0.29) is 0 Å². The fourth-order valence-electron chi connectivity index (χ4n) is 2.34. The van der Waals surface area contributed by atoms with Crippen molar-refractivity contribution in [2.45, 2.75) is 44.9 Å². The minimum Gasteiger partial charge on any atom is -0.300 e. The normalized spacial score (nSPS) is 18.4. The number of Topliss-reactive ketones (excluding diaryl/α,β-unsaturated/α-hetero) is 2. The topological polar surface area (TPSA) is 34.1 Å². The summed E-state index contributed by atoms with van der Waals surface area (Å²) in [4.78, 5) is 21.5. The molecule has 2 heteroatoms. The van der Waals surface area contributed by atoms with Gasteiger partial charge in [0.2, 0.25) is 0 Å². The summed E-state index contributed by atoms with van der Waals surface area (Å²) in [7, 11) is 0. The maximum absolute atomic E-state index is 11.1. The van der Waals surface area contributed by atoms with E-state index in [9.17, 15) is 9.59 Å². The number of carbonyl (C=O) groups excluding carboxylic acids is 2. The van der Waals surface area contributed by atoms with Gasteiger partial charge in [-0.15, -0.1) is 0 Å². The molecule has 3 rings (SSSR count). The number of benzene rings is 1. The minimum absolute atomic E-state index is 0.301. The van der Waals surface area contributed by atoms with Gasteiger partial charge in [0, 0.05) is 24.8 Å². The summed E-state index contributed by atoms with van der Waals surface area (Å²) in [5, 5.41) is 0. The first-order valence-corrected chi connectivity index (χ1v) is 6.40. The molecule has 0 aliphatic heterocycles. The predicted molar refractivity (Wildman–Crippen MR) is 67.2 cm³/mol. The molecule has 0 amide bonds. The lowest BCUT2D eigenvalue weighted by molar-refractivity contribution is -0.120. The summed E-state index contributed by atoms with van der Waals surface area (Å²) in [5.41, 5.74) is 2.15. The Morgan fingerprint density at radius 2 is 1.47 bits per heavy atom. The average Bonchev–Trinajstić information content (AvgIpc) is 2.74. The second-order valence-corrected chi connectivity index (χ2v) is 4.68. The molecule has 0 atom stereocenters. The van der Waals surface area contributed by atoms with Crippen molar-refractivity contribution < 1.29 is 9.59 Å². The molecule has 0 aromatic heterocycles.